The van der Waals surface area contributed by atoms with Gasteiger partial charge in [0.15, 0.2) is 6.29 Å². The zero-order valence-electron chi connectivity index (χ0n) is 9.05. The highest BCUT2D eigenvalue weighted by atomic mass is 16.7. The predicted octanol–water partition coefficient (Wildman–Crippen LogP) is 2.14. The normalized spacial score (nSPS) is 31.5. The van der Waals surface area contributed by atoms with Crippen molar-refractivity contribution in [1.29, 1.82) is 0 Å². The summed E-state index contributed by atoms with van der Waals surface area (Å²) in [5, 5.41) is 0. The van der Waals surface area contributed by atoms with Gasteiger partial charge in [-0.3, -0.25) is 0 Å². The molecule has 3 heteroatoms. The molecule has 0 N–H and O–H groups in total. The van der Waals surface area contributed by atoms with Gasteiger partial charge < -0.3 is 14.2 Å². The maximum absolute atomic E-state index is 5.73. The van der Waals surface area contributed by atoms with Crippen molar-refractivity contribution in [2.24, 2.45) is 0 Å². The van der Waals surface area contributed by atoms with E-state index < -0.39 is 0 Å². The largest absolute Gasteiger partial charge is 0.376 e. The van der Waals surface area contributed by atoms with E-state index in [1.165, 1.54) is 0 Å². The first-order valence-corrected chi connectivity index (χ1v) is 5.16. The maximum Gasteiger partial charge on any atom is 0.184 e. The summed E-state index contributed by atoms with van der Waals surface area (Å²) in [5.74, 6) is 0. The summed E-state index contributed by atoms with van der Waals surface area (Å²) in [6.07, 6.45) is -0.161. The van der Waals surface area contributed by atoms with Gasteiger partial charge in [0.25, 0.3) is 0 Å². The van der Waals surface area contributed by atoms with Crippen LogP contribution in [0.5, 0.6) is 0 Å². The Bertz CT molecular complexity index is 299. The lowest BCUT2D eigenvalue weighted by atomic mass is 10.1. The van der Waals surface area contributed by atoms with Gasteiger partial charge in [0.2, 0.25) is 0 Å². The summed E-state index contributed by atoms with van der Waals surface area (Å²) in [6, 6.07) is 9.95. The minimum Gasteiger partial charge on any atom is -0.376 e. The number of hydrogen-bond donors (Lipinski definition) is 0. The van der Waals surface area contributed by atoms with Crippen LogP contribution in [0.25, 0.3) is 0 Å². The van der Waals surface area contributed by atoms with Crippen molar-refractivity contribution in [3.05, 3.63) is 35.9 Å². The summed E-state index contributed by atoms with van der Waals surface area (Å²) in [7, 11) is 1.68. The Morgan fingerprint density at radius 3 is 2.60 bits per heavy atom. The van der Waals surface area contributed by atoms with E-state index in [1.54, 1.807) is 7.11 Å². The Hall–Kier alpha value is -0.900. The number of methoxy groups -OCH3 is 1. The lowest BCUT2D eigenvalue weighted by Gasteiger charge is -2.33. The molecule has 1 heterocycles. The van der Waals surface area contributed by atoms with Crippen LogP contribution in [0.3, 0.4) is 0 Å². The van der Waals surface area contributed by atoms with E-state index >= 15 is 0 Å². The minimum absolute atomic E-state index is 0.0324. The zero-order valence-corrected chi connectivity index (χ0v) is 9.05. The van der Waals surface area contributed by atoms with Gasteiger partial charge in [0, 0.05) is 12.7 Å². The van der Waals surface area contributed by atoms with Gasteiger partial charge >= 0.3 is 0 Å². The van der Waals surface area contributed by atoms with Gasteiger partial charge in [0.1, 0.15) is 6.10 Å². The first-order chi connectivity index (χ1) is 7.31. The third-order valence-electron chi connectivity index (χ3n) is 2.65. The molecule has 15 heavy (non-hydrogen) atoms. The van der Waals surface area contributed by atoms with Gasteiger partial charge in [-0.05, 0) is 6.92 Å². The minimum atomic E-state index is -0.257. The van der Waals surface area contributed by atoms with Crippen LogP contribution in [0.15, 0.2) is 30.3 Å². The van der Waals surface area contributed by atoms with Crippen molar-refractivity contribution in [2.45, 2.75) is 25.4 Å². The summed E-state index contributed by atoms with van der Waals surface area (Å²) in [4.78, 5) is 0. The van der Waals surface area contributed by atoms with Crippen LogP contribution in [0.4, 0.5) is 0 Å². The van der Waals surface area contributed by atoms with E-state index in [9.17, 15) is 0 Å². The molecule has 0 radical (unpaired) electrons. The van der Waals surface area contributed by atoms with Crippen LogP contribution in [0.2, 0.25) is 0 Å². The molecule has 1 aliphatic heterocycles. The van der Waals surface area contributed by atoms with Crippen molar-refractivity contribution in [1.82, 2.24) is 0 Å². The lowest BCUT2D eigenvalue weighted by Crippen LogP contribution is -2.39. The number of benzene rings is 1. The van der Waals surface area contributed by atoms with Gasteiger partial charge in [0.05, 0.1) is 12.7 Å². The SMILES string of the molecule is CO[C@@H]1COC(c2ccccc2)O[C@@H]1C. The van der Waals surface area contributed by atoms with Crippen LogP contribution >= 0.6 is 0 Å². The first-order valence-electron chi connectivity index (χ1n) is 5.16. The van der Waals surface area contributed by atoms with E-state index in [0.29, 0.717) is 6.61 Å². The quantitative estimate of drug-likeness (QED) is 0.745. The Labute approximate surface area is 90.0 Å². The van der Waals surface area contributed by atoms with Crippen LogP contribution in [0.1, 0.15) is 18.8 Å². The van der Waals surface area contributed by atoms with Crippen molar-refractivity contribution in [3.8, 4) is 0 Å². The molecule has 0 bridgehead atoms. The molecule has 0 aromatic heterocycles. The van der Waals surface area contributed by atoms with Crippen molar-refractivity contribution < 1.29 is 14.2 Å². The molecule has 1 saturated heterocycles. The molecule has 3 nitrogen and oxygen atoms in total. The van der Waals surface area contributed by atoms with Gasteiger partial charge in [-0.2, -0.15) is 0 Å². The Kier molecular flexibility index (Phi) is 3.36. The molecule has 0 amide bonds. The van der Waals surface area contributed by atoms with Gasteiger partial charge in [-0.25, -0.2) is 0 Å². The standard InChI is InChI=1S/C12H16O3/c1-9-11(13-2)8-14-12(15-9)10-6-4-3-5-7-10/h3-7,9,11-12H,8H2,1-2H3/t9-,11-,12?/m1/s1. The highest BCUT2D eigenvalue weighted by Gasteiger charge is 2.29. The van der Waals surface area contributed by atoms with E-state index in [0.717, 1.165) is 5.56 Å². The molecule has 1 unspecified atom stereocenters. The second-order valence-corrected chi connectivity index (χ2v) is 3.69. The highest BCUT2D eigenvalue weighted by molar-refractivity contribution is 5.16. The monoisotopic (exact) mass is 208 g/mol. The van der Waals surface area contributed by atoms with Crippen LogP contribution in [0, 0.1) is 0 Å². The predicted molar refractivity (Wildman–Crippen MR) is 56.5 cm³/mol. The second kappa shape index (κ2) is 4.75. The topological polar surface area (TPSA) is 27.7 Å². The molecule has 3 atom stereocenters. The maximum atomic E-state index is 5.73. The fraction of sp³-hybridized carbons (Fsp3) is 0.500. The number of ether oxygens (including phenoxy) is 3. The van der Waals surface area contributed by atoms with Gasteiger partial charge in [-0.15, -0.1) is 0 Å². The molecule has 1 fully saturated rings. The molecular weight excluding hydrogens is 192 g/mol. The zero-order chi connectivity index (χ0) is 10.7. The third kappa shape index (κ3) is 2.37. The van der Waals surface area contributed by atoms with Gasteiger partial charge in [-0.1, -0.05) is 30.3 Å². The smallest absolute Gasteiger partial charge is 0.184 e. The summed E-state index contributed by atoms with van der Waals surface area (Å²) in [5.41, 5.74) is 1.05. The molecule has 0 aliphatic carbocycles. The molecule has 1 aromatic carbocycles. The Morgan fingerprint density at radius 1 is 1.27 bits per heavy atom. The Balaban J connectivity index is 2.03. The van der Waals surface area contributed by atoms with Crippen molar-refractivity contribution in [3.63, 3.8) is 0 Å². The van der Waals surface area contributed by atoms with Crippen LogP contribution < -0.4 is 0 Å². The summed E-state index contributed by atoms with van der Waals surface area (Å²) >= 11 is 0. The highest BCUT2D eigenvalue weighted by Crippen LogP contribution is 2.26. The van der Waals surface area contributed by atoms with E-state index in [1.807, 2.05) is 37.3 Å². The first kappa shape index (κ1) is 10.6. The van der Waals surface area contributed by atoms with E-state index in [2.05, 4.69) is 0 Å². The number of rotatable bonds is 2. The lowest BCUT2D eigenvalue weighted by molar-refractivity contribution is -0.256. The van der Waals surface area contributed by atoms with Crippen LogP contribution in [-0.2, 0) is 14.2 Å². The molecule has 82 valence electrons. The van der Waals surface area contributed by atoms with Crippen molar-refractivity contribution >= 4 is 0 Å². The summed E-state index contributed by atoms with van der Waals surface area (Å²) in [6.45, 7) is 2.59. The molecular formula is C12H16O3. The summed E-state index contributed by atoms with van der Waals surface area (Å²) < 4.78 is 16.6. The number of hydrogen-bond acceptors (Lipinski definition) is 3. The van der Waals surface area contributed by atoms with E-state index in [4.69, 9.17) is 14.2 Å². The molecule has 2 rings (SSSR count). The fourth-order valence-electron chi connectivity index (χ4n) is 1.68. The average Bonchev–Trinajstić information content (AvgIpc) is 2.30. The second-order valence-electron chi connectivity index (χ2n) is 3.69. The fourth-order valence-corrected chi connectivity index (χ4v) is 1.68. The third-order valence-corrected chi connectivity index (χ3v) is 2.65. The Morgan fingerprint density at radius 2 is 2.00 bits per heavy atom. The molecule has 0 spiro atoms. The molecule has 1 aliphatic rings. The van der Waals surface area contributed by atoms with Crippen molar-refractivity contribution in [2.75, 3.05) is 13.7 Å². The molecule has 1 aromatic rings. The molecule has 0 saturated carbocycles. The average molecular weight is 208 g/mol. The van der Waals surface area contributed by atoms with Crippen LogP contribution in [-0.4, -0.2) is 25.9 Å². The van der Waals surface area contributed by atoms with E-state index in [-0.39, 0.29) is 18.5 Å².